The molecule has 6 rings (SSSR count). The Bertz CT molecular complexity index is 1390. The monoisotopic (exact) mass is 483 g/mol. The predicted octanol–water partition coefficient (Wildman–Crippen LogP) is 6.51. The van der Waals surface area contributed by atoms with Gasteiger partial charge in [0.25, 0.3) is 0 Å². The molecule has 0 atom stereocenters. The average molecular weight is 484 g/mol. The Morgan fingerprint density at radius 3 is 2.44 bits per heavy atom. The molecular weight excluding hydrogens is 450 g/mol. The number of ether oxygens (including phenoxy) is 1. The second-order valence-corrected chi connectivity index (χ2v) is 9.97. The van der Waals surface area contributed by atoms with Gasteiger partial charge in [0.05, 0.1) is 23.5 Å². The lowest BCUT2D eigenvalue weighted by molar-refractivity contribution is 0.240. The topological polar surface area (TPSA) is 73.1 Å². The minimum Gasteiger partial charge on any atom is -0.494 e. The number of aryl methyl sites for hydroxylation is 1. The van der Waals surface area contributed by atoms with E-state index in [2.05, 4.69) is 51.6 Å². The number of rotatable bonds is 7. The van der Waals surface area contributed by atoms with Gasteiger partial charge in [-0.2, -0.15) is 5.10 Å². The Morgan fingerprint density at radius 1 is 1.06 bits per heavy atom. The van der Waals surface area contributed by atoms with Crippen LogP contribution in [0.5, 0.6) is 5.75 Å². The van der Waals surface area contributed by atoms with Crippen molar-refractivity contribution in [3.63, 3.8) is 0 Å². The van der Waals surface area contributed by atoms with Crippen LogP contribution in [-0.4, -0.2) is 33.0 Å². The molecule has 186 valence electrons. The molecule has 7 nitrogen and oxygen atoms in total. The molecule has 0 bridgehead atoms. The Morgan fingerprint density at radius 2 is 1.83 bits per heavy atom. The fourth-order valence-electron chi connectivity index (χ4n) is 5.28. The molecule has 2 fully saturated rings. The largest absolute Gasteiger partial charge is 0.494 e. The van der Waals surface area contributed by atoms with Crippen LogP contribution in [0.3, 0.4) is 0 Å². The molecule has 36 heavy (non-hydrogen) atoms. The Kier molecular flexibility index (Phi) is 5.91. The molecule has 2 N–H and O–H groups in total. The molecule has 0 saturated heterocycles. The third-order valence-corrected chi connectivity index (χ3v) is 7.55. The number of aromatic nitrogens is 3. The summed E-state index contributed by atoms with van der Waals surface area (Å²) in [6.45, 7) is 2.65. The minimum absolute atomic E-state index is 0.131. The van der Waals surface area contributed by atoms with Crippen LogP contribution < -0.4 is 15.4 Å². The summed E-state index contributed by atoms with van der Waals surface area (Å²) in [5, 5.41) is 12.0. The summed E-state index contributed by atoms with van der Waals surface area (Å²) in [6.07, 6.45) is 8.90. The maximum Gasteiger partial charge on any atom is 0.319 e. The van der Waals surface area contributed by atoms with Crippen LogP contribution in [0.4, 0.5) is 10.5 Å². The highest BCUT2D eigenvalue weighted by atomic mass is 16.5. The van der Waals surface area contributed by atoms with Crippen molar-refractivity contribution in [3.05, 3.63) is 54.7 Å². The third kappa shape index (κ3) is 4.12. The summed E-state index contributed by atoms with van der Waals surface area (Å²) >= 11 is 0. The summed E-state index contributed by atoms with van der Waals surface area (Å²) in [7, 11) is 1.95. The number of hydrogen-bond donors (Lipinski definition) is 2. The smallest absolute Gasteiger partial charge is 0.319 e. The molecule has 2 aromatic heterocycles. The van der Waals surface area contributed by atoms with Gasteiger partial charge >= 0.3 is 6.03 Å². The molecule has 2 aliphatic rings. The van der Waals surface area contributed by atoms with E-state index in [0.29, 0.717) is 18.7 Å². The van der Waals surface area contributed by atoms with Crippen LogP contribution in [0.25, 0.3) is 33.4 Å². The second-order valence-electron chi connectivity index (χ2n) is 9.97. The molecule has 4 aromatic rings. The molecule has 0 spiro atoms. The van der Waals surface area contributed by atoms with E-state index in [1.54, 1.807) is 0 Å². The molecule has 2 saturated carbocycles. The number of benzene rings is 2. The van der Waals surface area contributed by atoms with Crippen LogP contribution in [-0.2, 0) is 7.05 Å². The molecule has 2 aromatic carbocycles. The number of fused-ring (bicyclic) bond motifs is 1. The van der Waals surface area contributed by atoms with E-state index >= 15 is 0 Å². The number of carbonyl (C=O) groups excluding carboxylic acids is 1. The number of anilines is 1. The Hall–Kier alpha value is -3.74. The Balaban J connectivity index is 1.45. The van der Waals surface area contributed by atoms with Crippen molar-refractivity contribution >= 4 is 22.6 Å². The summed E-state index contributed by atoms with van der Waals surface area (Å²) in [6, 6.07) is 17.3. The number of nitrogens with zero attached hydrogens (tertiary/aromatic N) is 3. The van der Waals surface area contributed by atoms with Gasteiger partial charge in [-0.15, -0.1) is 0 Å². The molecule has 2 amide bonds. The summed E-state index contributed by atoms with van der Waals surface area (Å²) in [5.41, 5.74) is 6.36. The molecule has 0 radical (unpaired) electrons. The van der Waals surface area contributed by atoms with E-state index in [4.69, 9.17) is 9.84 Å². The maximum atomic E-state index is 12.4. The molecule has 7 heteroatoms. The molecule has 2 aliphatic carbocycles. The zero-order chi connectivity index (χ0) is 24.6. The summed E-state index contributed by atoms with van der Waals surface area (Å²) < 4.78 is 10.2. The van der Waals surface area contributed by atoms with E-state index in [-0.39, 0.29) is 6.03 Å². The van der Waals surface area contributed by atoms with Crippen molar-refractivity contribution in [3.8, 4) is 28.3 Å². The Labute approximate surface area is 211 Å². The predicted molar refractivity (Wildman–Crippen MR) is 143 cm³/mol. The highest BCUT2D eigenvalue weighted by Gasteiger charge is 2.29. The van der Waals surface area contributed by atoms with Gasteiger partial charge < -0.3 is 19.9 Å². The van der Waals surface area contributed by atoms with Crippen molar-refractivity contribution in [2.75, 3.05) is 11.9 Å². The normalized spacial score (nSPS) is 15.9. The van der Waals surface area contributed by atoms with Gasteiger partial charge in [-0.1, -0.05) is 12.1 Å². The standard InChI is InChI=1S/C29H33N5O2/c1-3-36-23-14-15-24-26(18-23)34(22-8-5-9-22)28(27(24)25-16-17-33(2)32-25)19-10-12-21(13-11-19)31-29(35)30-20-6-4-7-20/h10-18,20,22H,3-9H2,1-2H3,(H2,30,31,35). The van der Waals surface area contributed by atoms with E-state index in [0.717, 1.165) is 53.9 Å². The first kappa shape index (κ1) is 22.7. The van der Waals surface area contributed by atoms with E-state index in [1.165, 1.54) is 29.4 Å². The van der Waals surface area contributed by atoms with Crippen LogP contribution in [0.2, 0.25) is 0 Å². The number of nitrogens with one attached hydrogen (secondary N) is 2. The summed E-state index contributed by atoms with van der Waals surface area (Å²) in [4.78, 5) is 12.4. The minimum atomic E-state index is -0.131. The average Bonchev–Trinajstić information content (AvgIpc) is 3.37. The number of amides is 2. The first-order valence-corrected chi connectivity index (χ1v) is 13.1. The lowest BCUT2D eigenvalue weighted by Gasteiger charge is -2.30. The van der Waals surface area contributed by atoms with Crippen LogP contribution >= 0.6 is 0 Å². The lowest BCUT2D eigenvalue weighted by Crippen LogP contribution is -2.41. The number of carbonyl (C=O) groups is 1. The fourth-order valence-corrected chi connectivity index (χ4v) is 5.28. The number of hydrogen-bond acceptors (Lipinski definition) is 3. The molecule has 0 aliphatic heterocycles. The van der Waals surface area contributed by atoms with Gasteiger partial charge in [0, 0.05) is 48.0 Å². The summed E-state index contributed by atoms with van der Waals surface area (Å²) in [5.74, 6) is 0.888. The van der Waals surface area contributed by atoms with Gasteiger partial charge in [0.15, 0.2) is 0 Å². The van der Waals surface area contributed by atoms with Gasteiger partial charge in [-0.25, -0.2) is 4.79 Å². The van der Waals surface area contributed by atoms with Gasteiger partial charge in [-0.05, 0) is 81.3 Å². The van der Waals surface area contributed by atoms with Gasteiger partial charge in [0.2, 0.25) is 0 Å². The van der Waals surface area contributed by atoms with E-state index in [1.807, 2.05) is 37.0 Å². The quantitative estimate of drug-likeness (QED) is 0.315. The molecular formula is C29H33N5O2. The lowest BCUT2D eigenvalue weighted by atomic mass is 9.92. The van der Waals surface area contributed by atoms with Gasteiger partial charge in [-0.3, -0.25) is 4.68 Å². The van der Waals surface area contributed by atoms with Crippen molar-refractivity contribution in [2.24, 2.45) is 7.05 Å². The SMILES string of the molecule is CCOc1ccc2c(-c3ccn(C)n3)c(-c3ccc(NC(=O)NC4CCC4)cc3)n(C3CCC3)c2c1. The van der Waals surface area contributed by atoms with Crippen LogP contribution in [0.1, 0.15) is 51.5 Å². The zero-order valence-corrected chi connectivity index (χ0v) is 21.0. The fraction of sp³-hybridized carbons (Fsp3) is 0.379. The second kappa shape index (κ2) is 9.37. The van der Waals surface area contributed by atoms with Crippen LogP contribution in [0, 0.1) is 0 Å². The molecule has 0 unspecified atom stereocenters. The number of urea groups is 1. The highest BCUT2D eigenvalue weighted by Crippen LogP contribution is 2.47. The van der Waals surface area contributed by atoms with E-state index in [9.17, 15) is 4.79 Å². The van der Waals surface area contributed by atoms with Crippen molar-refractivity contribution in [1.29, 1.82) is 0 Å². The van der Waals surface area contributed by atoms with Crippen LogP contribution in [0.15, 0.2) is 54.7 Å². The highest BCUT2D eigenvalue weighted by molar-refractivity contribution is 6.04. The van der Waals surface area contributed by atoms with E-state index < -0.39 is 0 Å². The third-order valence-electron chi connectivity index (χ3n) is 7.55. The first-order chi connectivity index (χ1) is 17.6. The zero-order valence-electron chi connectivity index (χ0n) is 21.0. The first-order valence-electron chi connectivity index (χ1n) is 13.1. The maximum absolute atomic E-state index is 12.4. The van der Waals surface area contributed by atoms with Crippen molar-refractivity contribution in [2.45, 2.75) is 57.5 Å². The van der Waals surface area contributed by atoms with Crippen molar-refractivity contribution in [1.82, 2.24) is 19.7 Å². The van der Waals surface area contributed by atoms with Gasteiger partial charge in [0.1, 0.15) is 5.75 Å². The molecule has 2 heterocycles. The van der Waals surface area contributed by atoms with Crippen molar-refractivity contribution < 1.29 is 9.53 Å².